The Labute approximate surface area is 166 Å². The standard InChI is InChI=1S/C22H29NO4/c1-16(24)23(2)11-10-21-15-22(26-12-13-27-22)9-8-18(21)6-4-17-5-7-19(25-3)14-20(17)21/h5-7,14H,4,8-13,15H2,1-3H3/i2D3,4D. The normalized spacial score (nSPS) is 30.9. The first-order valence-corrected chi connectivity index (χ1v) is 9.48. The maximum atomic E-state index is 12.1. The molecule has 1 aromatic rings. The molecular weight excluding hydrogens is 342 g/mol. The molecule has 1 amide bonds. The molecule has 4 rings (SSSR count). The molecule has 0 bridgehead atoms. The Morgan fingerprint density at radius 3 is 2.93 bits per heavy atom. The molecule has 1 saturated carbocycles. The van der Waals surface area contributed by atoms with Crippen molar-refractivity contribution in [1.82, 2.24) is 4.90 Å². The van der Waals surface area contributed by atoms with Gasteiger partial charge in [-0.25, -0.2) is 0 Å². The molecule has 1 heterocycles. The molecule has 146 valence electrons. The Kier molecular flexibility index (Phi) is 3.65. The third-order valence-corrected chi connectivity index (χ3v) is 6.16. The van der Waals surface area contributed by atoms with Crippen molar-refractivity contribution in [2.24, 2.45) is 0 Å². The molecular formula is C22H29NO4. The van der Waals surface area contributed by atoms with Gasteiger partial charge in [-0.3, -0.25) is 4.79 Å². The van der Waals surface area contributed by atoms with E-state index < -0.39 is 30.5 Å². The van der Waals surface area contributed by atoms with Crippen molar-refractivity contribution in [2.75, 3.05) is 33.8 Å². The van der Waals surface area contributed by atoms with Crippen LogP contribution in [0.15, 0.2) is 29.8 Å². The van der Waals surface area contributed by atoms with E-state index in [4.69, 9.17) is 19.7 Å². The Morgan fingerprint density at radius 2 is 2.22 bits per heavy atom. The molecule has 1 aromatic carbocycles. The summed E-state index contributed by atoms with van der Waals surface area (Å²) in [5.41, 5.74) is 2.30. The Hall–Kier alpha value is -1.85. The van der Waals surface area contributed by atoms with Gasteiger partial charge in [-0.15, -0.1) is 0 Å². The molecule has 2 atom stereocenters. The molecule has 0 aromatic heterocycles. The number of carbonyl (C=O) groups excluding carboxylic acids is 1. The number of nitrogens with zero attached hydrogens (tertiary/aromatic N) is 1. The van der Waals surface area contributed by atoms with Gasteiger partial charge in [0, 0.05) is 44.2 Å². The van der Waals surface area contributed by atoms with E-state index in [9.17, 15) is 4.79 Å². The maximum Gasteiger partial charge on any atom is 0.219 e. The zero-order chi connectivity index (χ0) is 22.4. The van der Waals surface area contributed by atoms with Gasteiger partial charge >= 0.3 is 0 Å². The fourth-order valence-electron chi connectivity index (χ4n) is 4.74. The number of benzene rings is 1. The van der Waals surface area contributed by atoms with Crippen molar-refractivity contribution in [1.29, 1.82) is 0 Å². The highest BCUT2D eigenvalue weighted by atomic mass is 16.7. The predicted molar refractivity (Wildman–Crippen MR) is 103 cm³/mol. The number of ether oxygens (including phenoxy) is 3. The molecule has 2 unspecified atom stereocenters. The summed E-state index contributed by atoms with van der Waals surface area (Å²) in [5.74, 6) is -0.535. The second kappa shape index (κ2) is 6.95. The van der Waals surface area contributed by atoms with Gasteiger partial charge in [-0.2, -0.15) is 0 Å². The van der Waals surface area contributed by atoms with Gasteiger partial charge in [-0.1, -0.05) is 17.7 Å². The number of hydrogen-bond donors (Lipinski definition) is 0. The number of amides is 1. The van der Waals surface area contributed by atoms with Crippen LogP contribution in [0.4, 0.5) is 0 Å². The molecule has 27 heavy (non-hydrogen) atoms. The number of rotatable bonds is 4. The van der Waals surface area contributed by atoms with Gasteiger partial charge in [0.1, 0.15) is 5.75 Å². The fraction of sp³-hybridized carbons (Fsp3) is 0.591. The number of allylic oxidation sites excluding steroid dienone is 2. The summed E-state index contributed by atoms with van der Waals surface area (Å²) in [5, 5.41) is 0. The summed E-state index contributed by atoms with van der Waals surface area (Å²) in [6.45, 7) is -0.114. The second-order valence-electron chi connectivity index (χ2n) is 7.60. The molecule has 3 aliphatic rings. The van der Waals surface area contributed by atoms with Crippen LogP contribution < -0.4 is 4.74 Å². The average Bonchev–Trinajstić information content (AvgIpc) is 3.15. The quantitative estimate of drug-likeness (QED) is 0.758. The van der Waals surface area contributed by atoms with Crippen LogP contribution >= 0.6 is 0 Å². The van der Waals surface area contributed by atoms with E-state index in [-0.39, 0.29) is 6.54 Å². The van der Waals surface area contributed by atoms with Crippen LogP contribution in [0.25, 0.3) is 0 Å². The summed E-state index contributed by atoms with van der Waals surface area (Å²) in [7, 11) is 1.60. The van der Waals surface area contributed by atoms with E-state index >= 15 is 0 Å². The number of methoxy groups -OCH3 is 1. The minimum absolute atomic E-state index is 0.0680. The molecule has 2 fully saturated rings. The molecule has 0 radical (unpaired) electrons. The lowest BCUT2D eigenvalue weighted by Crippen LogP contribution is -2.49. The lowest BCUT2D eigenvalue weighted by atomic mass is 9.59. The first-order chi connectivity index (χ1) is 14.6. The van der Waals surface area contributed by atoms with Crippen LogP contribution in [0, 0.1) is 0 Å². The van der Waals surface area contributed by atoms with Gasteiger partial charge in [0.25, 0.3) is 0 Å². The van der Waals surface area contributed by atoms with E-state index in [0.717, 1.165) is 21.6 Å². The van der Waals surface area contributed by atoms with Crippen LogP contribution in [-0.2, 0) is 26.1 Å². The second-order valence-corrected chi connectivity index (χ2v) is 7.60. The zero-order valence-electron chi connectivity index (χ0n) is 19.9. The Bertz CT molecular complexity index is 894. The predicted octanol–water partition coefficient (Wildman–Crippen LogP) is 3.21. The molecule has 5 heteroatoms. The SMILES string of the molecule is [2H]C1C=C2CCC3(CC2(CCN(C(C)=O)C([2H])([2H])[2H])c2cc(OC)ccc21)OCCO3. The van der Waals surface area contributed by atoms with E-state index in [0.29, 0.717) is 44.6 Å². The van der Waals surface area contributed by atoms with Gasteiger partial charge in [0.15, 0.2) is 5.79 Å². The third kappa shape index (κ3) is 3.17. The highest BCUT2D eigenvalue weighted by molar-refractivity contribution is 5.72. The van der Waals surface area contributed by atoms with Crippen molar-refractivity contribution >= 4 is 5.91 Å². The van der Waals surface area contributed by atoms with Gasteiger partial charge < -0.3 is 19.1 Å². The first-order valence-electron chi connectivity index (χ1n) is 11.6. The highest BCUT2D eigenvalue weighted by Gasteiger charge is 2.52. The van der Waals surface area contributed by atoms with Crippen LogP contribution in [0.5, 0.6) is 5.75 Å². The van der Waals surface area contributed by atoms with E-state index in [2.05, 4.69) is 0 Å². The summed E-state index contributed by atoms with van der Waals surface area (Å²) in [6.07, 6.45) is 3.78. The van der Waals surface area contributed by atoms with Crippen molar-refractivity contribution in [3.63, 3.8) is 0 Å². The lowest BCUT2D eigenvalue weighted by Gasteiger charge is -2.50. The number of carbonyl (C=O) groups is 1. The summed E-state index contributed by atoms with van der Waals surface area (Å²) in [6, 6.07) is 5.70. The van der Waals surface area contributed by atoms with Crippen LogP contribution in [0.1, 0.15) is 49.2 Å². The molecule has 1 saturated heterocycles. The Morgan fingerprint density at radius 1 is 1.41 bits per heavy atom. The monoisotopic (exact) mass is 375 g/mol. The first kappa shape index (κ1) is 14.2. The van der Waals surface area contributed by atoms with Crippen molar-refractivity contribution in [3.8, 4) is 5.75 Å². The largest absolute Gasteiger partial charge is 0.497 e. The summed E-state index contributed by atoms with van der Waals surface area (Å²) < 4.78 is 49.6. The van der Waals surface area contributed by atoms with E-state index in [1.807, 2.05) is 24.3 Å². The average molecular weight is 376 g/mol. The van der Waals surface area contributed by atoms with Crippen LogP contribution in [0.2, 0.25) is 0 Å². The third-order valence-electron chi connectivity index (χ3n) is 6.16. The molecule has 0 N–H and O–H groups in total. The molecule has 2 aliphatic carbocycles. The summed E-state index contributed by atoms with van der Waals surface area (Å²) >= 11 is 0. The fourth-order valence-corrected chi connectivity index (χ4v) is 4.74. The van der Waals surface area contributed by atoms with Crippen LogP contribution in [-0.4, -0.2) is 50.4 Å². The molecule has 1 aliphatic heterocycles. The molecule has 5 nitrogen and oxygen atoms in total. The smallest absolute Gasteiger partial charge is 0.219 e. The summed E-state index contributed by atoms with van der Waals surface area (Å²) in [4.78, 5) is 13.1. The minimum Gasteiger partial charge on any atom is -0.497 e. The van der Waals surface area contributed by atoms with Crippen molar-refractivity contribution in [3.05, 3.63) is 41.0 Å². The minimum atomic E-state index is -2.51. The highest BCUT2D eigenvalue weighted by Crippen LogP contribution is 2.55. The van der Waals surface area contributed by atoms with Gasteiger partial charge in [0.05, 0.1) is 20.3 Å². The van der Waals surface area contributed by atoms with Gasteiger partial charge in [0.2, 0.25) is 5.91 Å². The van der Waals surface area contributed by atoms with Gasteiger partial charge in [-0.05, 0) is 42.5 Å². The maximum absolute atomic E-state index is 12.1. The number of fused-ring (bicyclic) bond motifs is 3. The van der Waals surface area contributed by atoms with E-state index in [1.54, 1.807) is 7.11 Å². The topological polar surface area (TPSA) is 48.0 Å². The number of hydrogen-bond acceptors (Lipinski definition) is 4. The zero-order valence-corrected chi connectivity index (χ0v) is 15.9. The van der Waals surface area contributed by atoms with Crippen molar-refractivity contribution in [2.45, 2.75) is 50.2 Å². The molecule has 1 spiro atoms. The lowest BCUT2D eigenvalue weighted by molar-refractivity contribution is -0.184. The van der Waals surface area contributed by atoms with Crippen molar-refractivity contribution < 1.29 is 24.5 Å². The van der Waals surface area contributed by atoms with Crippen LogP contribution in [0.3, 0.4) is 0 Å². The van der Waals surface area contributed by atoms with E-state index in [1.165, 1.54) is 6.92 Å². The Balaban J connectivity index is 1.81.